The molecule has 1 aliphatic rings. The zero-order valence-corrected chi connectivity index (χ0v) is 13.3. The van der Waals surface area contributed by atoms with Crippen LogP contribution in [-0.2, 0) is 11.2 Å². The molecule has 0 aromatic heterocycles. The molecule has 1 aliphatic carbocycles. The Morgan fingerprint density at radius 2 is 2.12 bits per heavy atom. The topological polar surface area (TPSA) is 58.6 Å². The van der Waals surface area contributed by atoms with Gasteiger partial charge in [0.1, 0.15) is 5.75 Å². The van der Waals surface area contributed by atoms with Crippen molar-refractivity contribution in [2.45, 2.75) is 44.3 Å². The number of alkyl halides is 3. The molecule has 1 atom stereocenters. The first-order valence-electron chi connectivity index (χ1n) is 8.04. The molecule has 0 heterocycles. The van der Waals surface area contributed by atoms with Crippen LogP contribution in [-0.4, -0.2) is 36.4 Å². The lowest BCUT2D eigenvalue weighted by Crippen LogP contribution is -2.40. The molecule has 2 rings (SSSR count). The molecule has 0 bridgehead atoms. The first-order chi connectivity index (χ1) is 11.4. The van der Waals surface area contributed by atoms with Crippen molar-refractivity contribution in [3.8, 4) is 5.75 Å². The molecule has 0 aliphatic heterocycles. The van der Waals surface area contributed by atoms with Crippen LogP contribution in [0.5, 0.6) is 5.75 Å². The van der Waals surface area contributed by atoms with E-state index in [1.54, 1.807) is 12.1 Å². The van der Waals surface area contributed by atoms with Crippen LogP contribution >= 0.6 is 0 Å². The number of benzene rings is 1. The van der Waals surface area contributed by atoms with Crippen LogP contribution in [0, 0.1) is 5.92 Å². The van der Waals surface area contributed by atoms with Crippen molar-refractivity contribution in [3.05, 3.63) is 29.8 Å². The minimum absolute atomic E-state index is 0.0321. The van der Waals surface area contributed by atoms with Gasteiger partial charge in [-0.1, -0.05) is 31.4 Å². The Bertz CT molecular complexity index is 544. The van der Waals surface area contributed by atoms with Crippen molar-refractivity contribution in [3.63, 3.8) is 0 Å². The van der Waals surface area contributed by atoms with E-state index in [-0.39, 0.29) is 30.7 Å². The average Bonchev–Trinajstić information content (AvgIpc) is 2.47. The number of amides is 1. The molecular formula is C17H22F3NO3. The van der Waals surface area contributed by atoms with E-state index in [9.17, 15) is 23.1 Å². The van der Waals surface area contributed by atoms with E-state index in [0.29, 0.717) is 11.5 Å². The third-order valence-corrected chi connectivity index (χ3v) is 4.09. The van der Waals surface area contributed by atoms with Gasteiger partial charge in [-0.2, -0.15) is 13.2 Å². The highest BCUT2D eigenvalue weighted by molar-refractivity contribution is 5.79. The van der Waals surface area contributed by atoms with Crippen LogP contribution in [0.15, 0.2) is 24.3 Å². The van der Waals surface area contributed by atoms with E-state index in [2.05, 4.69) is 10.1 Å². The lowest BCUT2D eigenvalue weighted by Gasteiger charge is -2.29. The summed E-state index contributed by atoms with van der Waals surface area (Å²) < 4.78 is 41.2. The van der Waals surface area contributed by atoms with Gasteiger partial charge in [0, 0.05) is 0 Å². The molecule has 134 valence electrons. The van der Waals surface area contributed by atoms with Crippen LogP contribution in [0.4, 0.5) is 13.2 Å². The molecule has 7 heteroatoms. The SMILES string of the molecule is O=C(Cc1cccc(OCC(F)(F)F)c1)N[C@H](CO)CC1CCC1. The second-order valence-corrected chi connectivity index (χ2v) is 6.21. The molecule has 1 amide bonds. The number of carbonyl (C=O) groups excluding carboxylic acids is 1. The molecule has 2 N–H and O–H groups in total. The highest BCUT2D eigenvalue weighted by Crippen LogP contribution is 2.30. The number of nitrogens with one attached hydrogen (secondary N) is 1. The van der Waals surface area contributed by atoms with Crippen molar-refractivity contribution < 1.29 is 27.8 Å². The maximum absolute atomic E-state index is 12.2. The van der Waals surface area contributed by atoms with E-state index >= 15 is 0 Å². The van der Waals surface area contributed by atoms with Gasteiger partial charge in [-0.15, -0.1) is 0 Å². The van der Waals surface area contributed by atoms with Crippen molar-refractivity contribution >= 4 is 5.91 Å². The molecule has 0 unspecified atom stereocenters. The largest absolute Gasteiger partial charge is 0.484 e. The highest BCUT2D eigenvalue weighted by Gasteiger charge is 2.28. The van der Waals surface area contributed by atoms with Gasteiger partial charge in [0.2, 0.25) is 5.91 Å². The summed E-state index contributed by atoms with van der Waals surface area (Å²) in [5.41, 5.74) is 0.563. The van der Waals surface area contributed by atoms with Crippen molar-refractivity contribution in [1.29, 1.82) is 0 Å². The molecule has 1 aromatic carbocycles. The molecule has 24 heavy (non-hydrogen) atoms. The lowest BCUT2D eigenvalue weighted by atomic mass is 9.81. The van der Waals surface area contributed by atoms with Crippen LogP contribution in [0.1, 0.15) is 31.2 Å². The fourth-order valence-corrected chi connectivity index (χ4v) is 2.68. The quantitative estimate of drug-likeness (QED) is 0.762. The summed E-state index contributed by atoms with van der Waals surface area (Å²) in [5, 5.41) is 12.1. The number of ether oxygens (including phenoxy) is 1. The normalized spacial score (nSPS) is 16.3. The maximum atomic E-state index is 12.2. The summed E-state index contributed by atoms with van der Waals surface area (Å²) in [6.45, 7) is -1.48. The summed E-state index contributed by atoms with van der Waals surface area (Å²) in [7, 11) is 0. The first kappa shape index (κ1) is 18.6. The molecule has 0 saturated heterocycles. The van der Waals surface area contributed by atoms with Gasteiger partial charge < -0.3 is 15.2 Å². The molecule has 0 spiro atoms. The predicted molar refractivity (Wildman–Crippen MR) is 82.7 cm³/mol. The van der Waals surface area contributed by atoms with Gasteiger partial charge in [-0.05, 0) is 30.0 Å². The van der Waals surface area contributed by atoms with E-state index in [1.807, 2.05) is 0 Å². The Hall–Kier alpha value is -1.76. The lowest BCUT2D eigenvalue weighted by molar-refractivity contribution is -0.153. The third kappa shape index (κ3) is 6.39. The Morgan fingerprint density at radius 1 is 1.38 bits per heavy atom. The Balaban J connectivity index is 1.83. The Labute approximate surface area is 139 Å². The number of hydrogen-bond acceptors (Lipinski definition) is 3. The van der Waals surface area contributed by atoms with Gasteiger partial charge >= 0.3 is 6.18 Å². The zero-order chi connectivity index (χ0) is 17.6. The fraction of sp³-hybridized carbons (Fsp3) is 0.588. The monoisotopic (exact) mass is 345 g/mol. The number of hydrogen-bond donors (Lipinski definition) is 2. The molecule has 1 aromatic rings. The van der Waals surface area contributed by atoms with Gasteiger partial charge in [0.15, 0.2) is 6.61 Å². The Kier molecular flexibility index (Phi) is 6.48. The number of halogens is 3. The van der Waals surface area contributed by atoms with Crippen LogP contribution in [0.25, 0.3) is 0 Å². The van der Waals surface area contributed by atoms with Gasteiger partial charge in [0.05, 0.1) is 19.1 Å². The average molecular weight is 345 g/mol. The molecular weight excluding hydrogens is 323 g/mol. The smallest absolute Gasteiger partial charge is 0.422 e. The Morgan fingerprint density at radius 3 is 2.71 bits per heavy atom. The maximum Gasteiger partial charge on any atom is 0.422 e. The van der Waals surface area contributed by atoms with Crippen molar-refractivity contribution in [1.82, 2.24) is 5.32 Å². The van der Waals surface area contributed by atoms with Crippen LogP contribution in [0.3, 0.4) is 0 Å². The minimum atomic E-state index is -4.40. The number of rotatable bonds is 8. The standard InChI is InChI=1S/C17H22F3NO3/c18-17(19,20)11-24-15-6-2-5-13(8-15)9-16(23)21-14(10-22)7-12-3-1-4-12/h2,5-6,8,12,14,22H,1,3-4,7,9-11H2,(H,21,23)/t14-/m0/s1. The summed E-state index contributed by atoms with van der Waals surface area (Å²) >= 11 is 0. The van der Waals surface area contributed by atoms with Gasteiger partial charge in [-0.25, -0.2) is 0 Å². The minimum Gasteiger partial charge on any atom is -0.484 e. The van der Waals surface area contributed by atoms with E-state index in [0.717, 1.165) is 19.3 Å². The van der Waals surface area contributed by atoms with Crippen molar-refractivity contribution in [2.75, 3.05) is 13.2 Å². The summed E-state index contributed by atoms with van der Waals surface area (Å²) in [5.74, 6) is 0.369. The number of aliphatic hydroxyl groups excluding tert-OH is 1. The van der Waals surface area contributed by atoms with E-state index in [1.165, 1.54) is 18.6 Å². The second-order valence-electron chi connectivity index (χ2n) is 6.21. The molecule has 0 radical (unpaired) electrons. The fourth-order valence-electron chi connectivity index (χ4n) is 2.68. The van der Waals surface area contributed by atoms with Crippen LogP contribution < -0.4 is 10.1 Å². The van der Waals surface area contributed by atoms with E-state index in [4.69, 9.17) is 0 Å². The molecule has 1 saturated carbocycles. The van der Waals surface area contributed by atoms with Gasteiger partial charge in [0.25, 0.3) is 0 Å². The third-order valence-electron chi connectivity index (χ3n) is 4.09. The predicted octanol–water partition coefficient (Wildman–Crippen LogP) is 2.84. The molecule has 1 fully saturated rings. The summed E-state index contributed by atoms with van der Waals surface area (Å²) in [6.07, 6.45) is -0.151. The van der Waals surface area contributed by atoms with E-state index < -0.39 is 12.8 Å². The van der Waals surface area contributed by atoms with Crippen LogP contribution in [0.2, 0.25) is 0 Å². The number of aliphatic hydroxyl groups is 1. The second kappa shape index (κ2) is 8.37. The summed E-state index contributed by atoms with van der Waals surface area (Å²) in [4.78, 5) is 12.1. The van der Waals surface area contributed by atoms with Gasteiger partial charge in [-0.3, -0.25) is 4.79 Å². The molecule has 4 nitrogen and oxygen atoms in total. The van der Waals surface area contributed by atoms with Crippen molar-refractivity contribution in [2.24, 2.45) is 5.92 Å². The first-order valence-corrected chi connectivity index (χ1v) is 8.04. The zero-order valence-electron chi connectivity index (χ0n) is 13.3. The number of carbonyl (C=O) groups is 1. The highest BCUT2D eigenvalue weighted by atomic mass is 19.4. The summed E-state index contributed by atoms with van der Waals surface area (Å²) in [6, 6.07) is 5.77.